The molecule has 2 heterocycles. The molecule has 0 N–H and O–H groups in total. The van der Waals surface area contributed by atoms with Crippen LogP contribution in [-0.2, 0) is 5.41 Å². The number of benzene rings is 4. The van der Waals surface area contributed by atoms with Crippen molar-refractivity contribution in [3.05, 3.63) is 102 Å². The lowest BCUT2D eigenvalue weighted by Crippen LogP contribution is -2.20. The molecule has 158 valence electrons. The minimum Gasteiger partial charge on any atom is -0.455 e. The first-order chi connectivity index (χ1) is 16.0. The Kier molecular flexibility index (Phi) is 3.57. The van der Waals surface area contributed by atoms with Crippen LogP contribution in [0.4, 0.5) is 0 Å². The Bertz CT molecular complexity index is 1740. The third-order valence-corrected chi connectivity index (χ3v) is 7.33. The summed E-state index contributed by atoms with van der Waals surface area (Å²) in [5.41, 5.74) is 9.99. The van der Waals surface area contributed by atoms with E-state index >= 15 is 0 Å². The van der Waals surface area contributed by atoms with Crippen molar-refractivity contribution in [1.82, 2.24) is 4.98 Å². The molecule has 0 aliphatic heterocycles. The molecule has 0 amide bonds. The Morgan fingerprint density at radius 3 is 2.48 bits per heavy atom. The molecule has 0 fully saturated rings. The second kappa shape index (κ2) is 6.32. The molecule has 0 unspecified atom stereocenters. The summed E-state index contributed by atoms with van der Waals surface area (Å²) in [6.07, 6.45) is 2.02. The third kappa shape index (κ3) is 2.41. The Balaban J connectivity index is 1.71. The smallest absolute Gasteiger partial charge is 0.143 e. The van der Waals surface area contributed by atoms with Gasteiger partial charge in [0.05, 0.1) is 5.69 Å². The van der Waals surface area contributed by atoms with Gasteiger partial charge in [-0.05, 0) is 35.1 Å². The predicted molar refractivity (Wildman–Crippen MR) is 137 cm³/mol. The molecule has 0 saturated carbocycles. The first-order valence-corrected chi connectivity index (χ1v) is 11.5. The van der Waals surface area contributed by atoms with Gasteiger partial charge in [-0.15, -0.1) is 0 Å². The maximum Gasteiger partial charge on any atom is 0.143 e. The van der Waals surface area contributed by atoms with Crippen LogP contribution in [0.15, 0.2) is 89.5 Å². The topological polar surface area (TPSA) is 26.0 Å². The fourth-order valence-electron chi connectivity index (χ4n) is 5.78. The van der Waals surface area contributed by atoms with Crippen molar-refractivity contribution in [2.45, 2.75) is 26.2 Å². The van der Waals surface area contributed by atoms with Crippen LogP contribution in [0.25, 0.3) is 55.1 Å². The first kappa shape index (κ1) is 18.6. The fraction of sp³-hybridized carbons (Fsp3) is 0.129. The number of rotatable bonds is 1. The van der Waals surface area contributed by atoms with Crippen LogP contribution in [0.1, 0.15) is 30.5 Å². The van der Waals surface area contributed by atoms with Crippen molar-refractivity contribution >= 4 is 32.7 Å². The van der Waals surface area contributed by atoms with Crippen molar-refractivity contribution in [2.75, 3.05) is 0 Å². The quantitative estimate of drug-likeness (QED) is 0.264. The highest BCUT2D eigenvalue weighted by atomic mass is 16.3. The van der Waals surface area contributed by atoms with Crippen molar-refractivity contribution in [1.29, 1.82) is 0 Å². The van der Waals surface area contributed by atoms with Gasteiger partial charge in [0.2, 0.25) is 0 Å². The van der Waals surface area contributed by atoms with Gasteiger partial charge < -0.3 is 4.42 Å². The first-order valence-electron chi connectivity index (χ1n) is 11.5. The molecule has 6 aromatic rings. The van der Waals surface area contributed by atoms with Gasteiger partial charge in [-0.25, -0.2) is 0 Å². The SMILES string of the molecule is Cc1ccc2cnc3c(c2c1)C(C)(C)c1ccc(-c2ccccc2)c2oc4cccc-3c4c12. The van der Waals surface area contributed by atoms with Crippen molar-refractivity contribution in [3.63, 3.8) is 0 Å². The molecular formula is C31H23NO. The van der Waals surface area contributed by atoms with Gasteiger partial charge in [-0.3, -0.25) is 4.98 Å². The average molecular weight is 426 g/mol. The highest BCUT2D eigenvalue weighted by Gasteiger charge is 2.36. The number of nitrogens with zero attached hydrogens (tertiary/aromatic N) is 1. The molecule has 1 aliphatic carbocycles. The summed E-state index contributed by atoms with van der Waals surface area (Å²) in [5.74, 6) is 0. The lowest BCUT2D eigenvalue weighted by molar-refractivity contribution is 0.646. The zero-order chi connectivity index (χ0) is 22.3. The molecule has 0 spiro atoms. The summed E-state index contributed by atoms with van der Waals surface area (Å²) in [4.78, 5) is 5.05. The van der Waals surface area contributed by atoms with Gasteiger partial charge >= 0.3 is 0 Å². The molecule has 2 aromatic heterocycles. The molecule has 0 saturated heterocycles. The van der Waals surface area contributed by atoms with E-state index < -0.39 is 0 Å². The van der Waals surface area contributed by atoms with Gasteiger partial charge in [0, 0.05) is 38.9 Å². The maximum absolute atomic E-state index is 6.58. The van der Waals surface area contributed by atoms with E-state index in [1.54, 1.807) is 0 Å². The largest absolute Gasteiger partial charge is 0.455 e. The zero-order valence-electron chi connectivity index (χ0n) is 18.9. The summed E-state index contributed by atoms with van der Waals surface area (Å²) in [7, 11) is 0. The minimum absolute atomic E-state index is 0.251. The monoisotopic (exact) mass is 425 g/mol. The lowest BCUT2D eigenvalue weighted by Gasteiger charge is -2.29. The number of aryl methyl sites for hydroxylation is 1. The highest BCUT2D eigenvalue weighted by molar-refractivity contribution is 6.18. The van der Waals surface area contributed by atoms with Crippen LogP contribution in [0.5, 0.6) is 0 Å². The van der Waals surface area contributed by atoms with Crippen LogP contribution in [0.2, 0.25) is 0 Å². The second-order valence-electron chi connectivity index (χ2n) is 9.71. The molecule has 7 rings (SSSR count). The summed E-state index contributed by atoms with van der Waals surface area (Å²) in [6.45, 7) is 6.82. The second-order valence-corrected chi connectivity index (χ2v) is 9.71. The van der Waals surface area contributed by atoms with Gasteiger partial charge in [0.1, 0.15) is 11.2 Å². The van der Waals surface area contributed by atoms with Gasteiger partial charge in [-0.1, -0.05) is 92.2 Å². The van der Waals surface area contributed by atoms with Gasteiger partial charge in [-0.2, -0.15) is 0 Å². The zero-order valence-corrected chi connectivity index (χ0v) is 18.9. The van der Waals surface area contributed by atoms with E-state index in [9.17, 15) is 0 Å². The molecule has 2 heteroatoms. The van der Waals surface area contributed by atoms with Crippen molar-refractivity contribution in [2.24, 2.45) is 0 Å². The molecule has 0 radical (unpaired) electrons. The summed E-state index contributed by atoms with van der Waals surface area (Å²) >= 11 is 0. The van der Waals surface area contributed by atoms with Gasteiger partial charge in [0.15, 0.2) is 0 Å². The lowest BCUT2D eigenvalue weighted by atomic mass is 9.74. The van der Waals surface area contributed by atoms with Crippen LogP contribution >= 0.6 is 0 Å². The number of hydrogen-bond acceptors (Lipinski definition) is 2. The molecule has 0 bridgehead atoms. The van der Waals surface area contributed by atoms with E-state index in [1.165, 1.54) is 43.8 Å². The molecule has 33 heavy (non-hydrogen) atoms. The van der Waals surface area contributed by atoms with E-state index in [4.69, 9.17) is 9.40 Å². The standard InChI is InChI=1S/C31H23NO/c1-18-12-13-20-17-32-29-22-10-7-11-25-26(22)27-24(31(2,3)28(29)23(20)16-18)15-14-21(30(27)33-25)19-8-5-4-6-9-19/h4-17H,1-3H3. The van der Waals surface area contributed by atoms with Crippen molar-refractivity contribution < 1.29 is 4.42 Å². The molecule has 1 aliphatic rings. The minimum atomic E-state index is -0.251. The Hall–Kier alpha value is -3.91. The van der Waals surface area contributed by atoms with Gasteiger partial charge in [0.25, 0.3) is 0 Å². The fourth-order valence-corrected chi connectivity index (χ4v) is 5.78. The summed E-state index contributed by atoms with van der Waals surface area (Å²) in [6, 6.07) is 28.1. The molecule has 0 atom stereocenters. The summed E-state index contributed by atoms with van der Waals surface area (Å²) < 4.78 is 6.58. The van der Waals surface area contributed by atoms with E-state index in [0.717, 1.165) is 28.0 Å². The number of pyridine rings is 1. The normalized spacial score (nSPS) is 14.2. The average Bonchev–Trinajstić information content (AvgIpc) is 3.19. The Morgan fingerprint density at radius 1 is 0.788 bits per heavy atom. The van der Waals surface area contributed by atoms with E-state index in [0.29, 0.717) is 0 Å². The third-order valence-electron chi connectivity index (χ3n) is 7.33. The number of aromatic nitrogens is 1. The number of fused-ring (bicyclic) bond motifs is 4. The Labute approximate surface area is 192 Å². The molecule has 2 nitrogen and oxygen atoms in total. The summed E-state index contributed by atoms with van der Waals surface area (Å²) in [5, 5.41) is 4.85. The van der Waals surface area contributed by atoms with Crippen molar-refractivity contribution in [3.8, 4) is 22.4 Å². The predicted octanol–water partition coefficient (Wildman–Crippen LogP) is 8.42. The highest BCUT2D eigenvalue weighted by Crippen LogP contribution is 2.52. The van der Waals surface area contributed by atoms with Crippen LogP contribution < -0.4 is 0 Å². The number of furan rings is 1. The van der Waals surface area contributed by atoms with E-state index in [1.807, 2.05) is 6.20 Å². The Morgan fingerprint density at radius 2 is 1.64 bits per heavy atom. The molecular weight excluding hydrogens is 402 g/mol. The number of hydrogen-bond donors (Lipinski definition) is 0. The maximum atomic E-state index is 6.58. The van der Waals surface area contributed by atoms with Crippen LogP contribution in [0.3, 0.4) is 0 Å². The van der Waals surface area contributed by atoms with E-state index in [2.05, 4.69) is 99.6 Å². The van der Waals surface area contributed by atoms with Crippen LogP contribution in [-0.4, -0.2) is 4.98 Å². The van der Waals surface area contributed by atoms with Crippen LogP contribution in [0, 0.1) is 6.92 Å². The molecule has 4 aromatic carbocycles. The van der Waals surface area contributed by atoms with E-state index in [-0.39, 0.29) is 5.41 Å².